The smallest absolute Gasteiger partial charge is 0.348 e. The number of rotatable bonds is 5. The van der Waals surface area contributed by atoms with Crippen LogP contribution in [0.3, 0.4) is 0 Å². The van der Waals surface area contributed by atoms with Crippen LogP contribution >= 0.6 is 11.3 Å². The van der Waals surface area contributed by atoms with E-state index in [9.17, 15) is 14.0 Å². The number of ether oxygens (including phenoxy) is 1. The van der Waals surface area contributed by atoms with E-state index >= 15 is 0 Å². The molecule has 0 unspecified atom stereocenters. The predicted molar refractivity (Wildman–Crippen MR) is 85.0 cm³/mol. The molecule has 1 fully saturated rings. The quantitative estimate of drug-likeness (QED) is 0.787. The molecule has 0 spiro atoms. The third-order valence-electron chi connectivity index (χ3n) is 3.69. The third kappa shape index (κ3) is 3.59. The number of methoxy groups -OCH3 is 1. The number of benzene rings is 1. The molecule has 1 amide bonds. The number of hydrogen-bond donors (Lipinski definition) is 0. The first-order valence-electron chi connectivity index (χ1n) is 7.32. The Morgan fingerprint density at radius 1 is 1.26 bits per heavy atom. The molecule has 1 saturated carbocycles. The molecule has 6 heteroatoms. The van der Waals surface area contributed by atoms with Crippen molar-refractivity contribution in [3.05, 3.63) is 57.5 Å². The van der Waals surface area contributed by atoms with Gasteiger partial charge in [0.1, 0.15) is 10.7 Å². The number of hydrogen-bond acceptors (Lipinski definition) is 4. The number of carbonyl (C=O) groups excluding carboxylic acids is 2. The Morgan fingerprint density at radius 3 is 2.65 bits per heavy atom. The van der Waals surface area contributed by atoms with Gasteiger partial charge in [-0.2, -0.15) is 0 Å². The molecule has 0 bridgehead atoms. The van der Waals surface area contributed by atoms with Crippen molar-refractivity contribution >= 4 is 23.2 Å². The summed E-state index contributed by atoms with van der Waals surface area (Å²) in [5.41, 5.74) is 0.759. The van der Waals surface area contributed by atoms with Gasteiger partial charge in [-0.05, 0) is 42.7 Å². The van der Waals surface area contributed by atoms with E-state index in [0.717, 1.165) is 29.7 Å². The summed E-state index contributed by atoms with van der Waals surface area (Å²) in [6, 6.07) is 9.69. The van der Waals surface area contributed by atoms with E-state index < -0.39 is 5.97 Å². The zero-order valence-corrected chi connectivity index (χ0v) is 13.4. The molecular weight excluding hydrogens is 317 g/mol. The van der Waals surface area contributed by atoms with Crippen LogP contribution in [-0.4, -0.2) is 29.9 Å². The second-order valence-electron chi connectivity index (χ2n) is 5.45. The average Bonchev–Trinajstić information content (AvgIpc) is 3.27. The van der Waals surface area contributed by atoms with E-state index in [1.807, 2.05) is 0 Å². The lowest BCUT2D eigenvalue weighted by molar-refractivity contribution is 0.0606. The molecule has 23 heavy (non-hydrogen) atoms. The number of thiophene rings is 1. The van der Waals surface area contributed by atoms with Crippen molar-refractivity contribution in [3.8, 4) is 0 Å². The number of nitrogens with zero attached hydrogens (tertiary/aromatic N) is 1. The number of amides is 1. The molecule has 0 radical (unpaired) electrons. The van der Waals surface area contributed by atoms with Crippen molar-refractivity contribution in [1.29, 1.82) is 0 Å². The fourth-order valence-corrected chi connectivity index (χ4v) is 3.27. The average molecular weight is 333 g/mol. The molecule has 3 rings (SSSR count). The van der Waals surface area contributed by atoms with Crippen molar-refractivity contribution in [3.63, 3.8) is 0 Å². The van der Waals surface area contributed by atoms with E-state index in [1.165, 1.54) is 19.2 Å². The lowest BCUT2D eigenvalue weighted by Gasteiger charge is -2.22. The maximum Gasteiger partial charge on any atom is 0.348 e. The summed E-state index contributed by atoms with van der Waals surface area (Å²) < 4.78 is 18.0. The van der Waals surface area contributed by atoms with Gasteiger partial charge in [-0.3, -0.25) is 4.79 Å². The molecule has 1 aromatic carbocycles. The highest BCUT2D eigenvalue weighted by Gasteiger charge is 2.33. The van der Waals surface area contributed by atoms with Gasteiger partial charge < -0.3 is 9.64 Å². The SMILES string of the molecule is COC(=O)c1ccc(C(=O)N(Cc2cccc(F)c2)C2CC2)s1. The minimum atomic E-state index is -0.447. The van der Waals surface area contributed by atoms with E-state index in [-0.39, 0.29) is 17.8 Å². The number of carbonyl (C=O) groups is 2. The maximum atomic E-state index is 13.3. The van der Waals surface area contributed by atoms with Gasteiger partial charge in [0.15, 0.2) is 0 Å². The molecule has 0 N–H and O–H groups in total. The molecular formula is C17H16FNO3S. The Kier molecular flexibility index (Phi) is 4.43. The lowest BCUT2D eigenvalue weighted by atomic mass is 10.2. The molecule has 0 saturated heterocycles. The van der Waals surface area contributed by atoms with Crippen LogP contribution in [0.4, 0.5) is 4.39 Å². The maximum absolute atomic E-state index is 13.3. The molecule has 120 valence electrons. The Hall–Kier alpha value is -2.21. The summed E-state index contributed by atoms with van der Waals surface area (Å²) in [6.07, 6.45) is 1.91. The molecule has 1 aliphatic carbocycles. The fraction of sp³-hybridized carbons (Fsp3) is 0.294. The van der Waals surface area contributed by atoms with Crippen LogP contribution in [0.5, 0.6) is 0 Å². The Morgan fingerprint density at radius 2 is 2.00 bits per heavy atom. The van der Waals surface area contributed by atoms with Crippen molar-refractivity contribution in [2.45, 2.75) is 25.4 Å². The number of halogens is 1. The van der Waals surface area contributed by atoms with Gasteiger partial charge in [0.25, 0.3) is 5.91 Å². The standard InChI is InChI=1S/C17H16FNO3S/c1-22-17(21)15-8-7-14(23-15)16(20)19(13-5-6-13)10-11-3-2-4-12(18)9-11/h2-4,7-9,13H,5-6,10H2,1H3. The molecule has 0 atom stereocenters. The number of esters is 1. The van der Waals surface area contributed by atoms with E-state index in [0.29, 0.717) is 16.3 Å². The minimum absolute atomic E-state index is 0.128. The van der Waals surface area contributed by atoms with Crippen molar-refractivity contribution in [2.75, 3.05) is 7.11 Å². The van der Waals surface area contributed by atoms with E-state index in [4.69, 9.17) is 0 Å². The molecule has 1 heterocycles. The predicted octanol–water partition coefficient (Wildman–Crippen LogP) is 3.48. The summed E-state index contributed by atoms with van der Waals surface area (Å²) >= 11 is 1.12. The molecule has 1 aliphatic rings. The highest BCUT2D eigenvalue weighted by atomic mass is 32.1. The third-order valence-corrected chi connectivity index (χ3v) is 4.75. The Bertz CT molecular complexity index is 739. The zero-order valence-electron chi connectivity index (χ0n) is 12.6. The van der Waals surface area contributed by atoms with Crippen LogP contribution in [0.2, 0.25) is 0 Å². The van der Waals surface area contributed by atoms with Gasteiger partial charge in [0.05, 0.1) is 12.0 Å². The van der Waals surface area contributed by atoms with Crippen molar-refractivity contribution in [1.82, 2.24) is 4.90 Å². The first-order valence-corrected chi connectivity index (χ1v) is 8.13. The summed E-state index contributed by atoms with van der Waals surface area (Å²) in [6.45, 7) is 0.368. The van der Waals surface area contributed by atoms with Gasteiger partial charge in [0.2, 0.25) is 0 Å². The highest BCUT2D eigenvalue weighted by molar-refractivity contribution is 7.15. The summed E-state index contributed by atoms with van der Waals surface area (Å²) in [4.78, 5) is 26.9. The van der Waals surface area contributed by atoms with Crippen LogP contribution in [0.1, 0.15) is 37.7 Å². The van der Waals surface area contributed by atoms with E-state index in [1.54, 1.807) is 29.2 Å². The van der Waals surface area contributed by atoms with Crippen LogP contribution in [0, 0.1) is 5.82 Å². The zero-order chi connectivity index (χ0) is 16.4. The van der Waals surface area contributed by atoms with Crippen molar-refractivity contribution in [2.24, 2.45) is 0 Å². The van der Waals surface area contributed by atoms with Gasteiger partial charge >= 0.3 is 5.97 Å². The monoisotopic (exact) mass is 333 g/mol. The van der Waals surface area contributed by atoms with Crippen molar-refractivity contribution < 1.29 is 18.7 Å². The second kappa shape index (κ2) is 6.50. The van der Waals surface area contributed by atoms with Gasteiger partial charge in [-0.1, -0.05) is 12.1 Å². The molecule has 1 aromatic heterocycles. The van der Waals surface area contributed by atoms with Crippen LogP contribution < -0.4 is 0 Å². The summed E-state index contributed by atoms with van der Waals surface area (Å²) in [5.74, 6) is -0.885. The normalized spacial score (nSPS) is 13.7. The molecule has 4 nitrogen and oxygen atoms in total. The molecule has 0 aliphatic heterocycles. The van der Waals surface area contributed by atoms with Crippen LogP contribution in [-0.2, 0) is 11.3 Å². The Balaban J connectivity index is 1.79. The highest BCUT2D eigenvalue weighted by Crippen LogP contribution is 2.31. The minimum Gasteiger partial charge on any atom is -0.465 e. The second-order valence-corrected chi connectivity index (χ2v) is 6.53. The topological polar surface area (TPSA) is 46.6 Å². The Labute approximate surface area is 137 Å². The van der Waals surface area contributed by atoms with Gasteiger partial charge in [0, 0.05) is 12.6 Å². The van der Waals surface area contributed by atoms with Gasteiger partial charge in [-0.25, -0.2) is 9.18 Å². The fourth-order valence-electron chi connectivity index (χ4n) is 2.39. The first-order chi connectivity index (χ1) is 11.1. The van der Waals surface area contributed by atoms with Crippen LogP contribution in [0.15, 0.2) is 36.4 Å². The first kappa shape index (κ1) is 15.7. The van der Waals surface area contributed by atoms with E-state index in [2.05, 4.69) is 4.74 Å². The summed E-state index contributed by atoms with van der Waals surface area (Å²) in [5, 5.41) is 0. The largest absolute Gasteiger partial charge is 0.465 e. The lowest BCUT2D eigenvalue weighted by Crippen LogP contribution is -2.32. The van der Waals surface area contributed by atoms with Crippen LogP contribution in [0.25, 0.3) is 0 Å². The summed E-state index contributed by atoms with van der Waals surface area (Å²) in [7, 11) is 1.31. The van der Waals surface area contributed by atoms with Gasteiger partial charge in [-0.15, -0.1) is 11.3 Å². The molecule has 2 aromatic rings.